The molecule has 0 radical (unpaired) electrons. The van der Waals surface area contributed by atoms with Gasteiger partial charge in [-0.15, -0.1) is 0 Å². The summed E-state index contributed by atoms with van der Waals surface area (Å²) in [6.07, 6.45) is 7.99. The first-order chi connectivity index (χ1) is 19.0. The quantitative estimate of drug-likeness (QED) is 0.239. The van der Waals surface area contributed by atoms with Crippen molar-refractivity contribution in [1.29, 1.82) is 5.41 Å². The molecule has 0 bridgehead atoms. The number of aliphatic imine (C=N–C) groups is 1. The summed E-state index contributed by atoms with van der Waals surface area (Å²) < 4.78 is 8.20. The van der Waals surface area contributed by atoms with Crippen LogP contribution in [0.5, 0.6) is 5.75 Å². The minimum Gasteiger partial charge on any atom is -0.493 e. The first-order valence-electron chi connectivity index (χ1n) is 12.7. The summed E-state index contributed by atoms with van der Waals surface area (Å²) in [4.78, 5) is 21.4. The highest BCUT2D eigenvalue weighted by Gasteiger charge is 2.36. The molecule has 2 aromatic carbocycles. The van der Waals surface area contributed by atoms with Gasteiger partial charge in [-0.05, 0) is 67.9 Å². The van der Waals surface area contributed by atoms with E-state index < -0.39 is 5.91 Å². The van der Waals surface area contributed by atoms with Gasteiger partial charge in [-0.3, -0.25) is 15.2 Å². The highest BCUT2D eigenvalue weighted by atomic mass is 32.2. The molecule has 0 fully saturated rings. The molecular formula is C30H26N6O2S. The average Bonchev–Trinajstić information content (AvgIpc) is 3.52. The number of amides is 1. The third-order valence-corrected chi connectivity index (χ3v) is 7.57. The Bertz CT molecular complexity index is 1700. The number of aryl methyl sites for hydroxylation is 3. The Kier molecular flexibility index (Phi) is 6.58. The zero-order chi connectivity index (χ0) is 26.9. The number of pyridine rings is 1. The van der Waals surface area contributed by atoms with Crippen LogP contribution >= 0.6 is 11.8 Å². The maximum absolute atomic E-state index is 13.0. The first-order valence-corrected chi connectivity index (χ1v) is 13.5. The van der Waals surface area contributed by atoms with Gasteiger partial charge in [0.2, 0.25) is 5.17 Å². The van der Waals surface area contributed by atoms with E-state index in [-0.39, 0.29) is 11.4 Å². The molecule has 1 amide bonds. The minimum atomic E-state index is -0.444. The van der Waals surface area contributed by atoms with Crippen LogP contribution in [-0.2, 0) is 11.3 Å². The number of fused-ring (bicyclic) bond motifs is 2. The number of rotatable bonds is 7. The smallest absolute Gasteiger partial charge is 0.283 e. The van der Waals surface area contributed by atoms with Gasteiger partial charge in [-0.2, -0.15) is 15.1 Å². The standard InChI is InChI=1S/C30H26N6O2S/c1-19-10-11-26(20(2)15-19)38-14-6-13-35-18-22(23-8-3-4-9-25(23)35)16-24-27(31)36-30(33-28(24)37)39-29(34-36)21-7-5-12-32-17-21/h3-5,7-12,15-18,31H,6,13-14H2,1-2H3. The van der Waals surface area contributed by atoms with E-state index in [1.54, 1.807) is 18.5 Å². The number of benzene rings is 2. The van der Waals surface area contributed by atoms with Gasteiger partial charge in [0.1, 0.15) is 10.8 Å². The van der Waals surface area contributed by atoms with Gasteiger partial charge < -0.3 is 9.30 Å². The maximum Gasteiger partial charge on any atom is 0.283 e. The van der Waals surface area contributed by atoms with E-state index in [0.29, 0.717) is 16.8 Å². The number of nitrogens with zero attached hydrogens (tertiary/aromatic N) is 5. The van der Waals surface area contributed by atoms with Crippen LogP contribution in [-0.4, -0.2) is 43.1 Å². The molecule has 39 heavy (non-hydrogen) atoms. The summed E-state index contributed by atoms with van der Waals surface area (Å²) >= 11 is 1.26. The van der Waals surface area contributed by atoms with Crippen LogP contribution in [0.15, 0.2) is 88.9 Å². The second kappa shape index (κ2) is 10.3. The van der Waals surface area contributed by atoms with Crippen molar-refractivity contribution < 1.29 is 9.53 Å². The molecule has 6 rings (SSSR count). The topological polar surface area (TPSA) is 95.9 Å². The summed E-state index contributed by atoms with van der Waals surface area (Å²) in [6.45, 7) is 5.48. The van der Waals surface area contributed by atoms with Crippen LogP contribution < -0.4 is 4.74 Å². The second-order valence-corrected chi connectivity index (χ2v) is 10.4. The predicted molar refractivity (Wildman–Crippen MR) is 156 cm³/mol. The molecule has 2 aliphatic heterocycles. The predicted octanol–water partition coefficient (Wildman–Crippen LogP) is 5.79. The number of nitrogens with one attached hydrogen (secondary N) is 1. The van der Waals surface area contributed by atoms with Crippen LogP contribution in [0.1, 0.15) is 28.7 Å². The summed E-state index contributed by atoms with van der Waals surface area (Å²) in [7, 11) is 0. The van der Waals surface area contributed by atoms with E-state index in [9.17, 15) is 4.79 Å². The van der Waals surface area contributed by atoms with Gasteiger partial charge in [0, 0.05) is 47.2 Å². The van der Waals surface area contributed by atoms with E-state index >= 15 is 0 Å². The van der Waals surface area contributed by atoms with Gasteiger partial charge in [-0.1, -0.05) is 35.9 Å². The van der Waals surface area contributed by atoms with Crippen molar-refractivity contribution >= 4 is 50.7 Å². The molecule has 0 spiro atoms. The molecule has 0 saturated carbocycles. The van der Waals surface area contributed by atoms with E-state index in [1.807, 2.05) is 42.6 Å². The van der Waals surface area contributed by atoms with Crippen molar-refractivity contribution in [3.8, 4) is 5.75 Å². The van der Waals surface area contributed by atoms with Crippen molar-refractivity contribution in [1.82, 2.24) is 14.6 Å². The van der Waals surface area contributed by atoms with Crippen LogP contribution in [0.3, 0.4) is 0 Å². The molecule has 1 N–H and O–H groups in total. The Morgan fingerprint density at radius 3 is 2.79 bits per heavy atom. The molecule has 0 saturated heterocycles. The Morgan fingerprint density at radius 2 is 1.97 bits per heavy atom. The molecule has 4 heterocycles. The van der Waals surface area contributed by atoms with Gasteiger partial charge in [-0.25, -0.2) is 0 Å². The molecule has 2 aliphatic rings. The fraction of sp³-hybridized carbons (Fsp3) is 0.167. The Labute approximate surface area is 230 Å². The molecule has 0 unspecified atom stereocenters. The van der Waals surface area contributed by atoms with Gasteiger partial charge in [0.15, 0.2) is 5.84 Å². The van der Waals surface area contributed by atoms with Gasteiger partial charge >= 0.3 is 0 Å². The average molecular weight is 535 g/mol. The minimum absolute atomic E-state index is 0.00934. The third-order valence-electron chi connectivity index (χ3n) is 6.61. The number of hydrazone groups is 1. The van der Waals surface area contributed by atoms with Crippen molar-refractivity contribution in [2.75, 3.05) is 6.61 Å². The number of thioether (sulfide) groups is 1. The molecule has 9 heteroatoms. The number of para-hydroxylation sites is 1. The van der Waals surface area contributed by atoms with Crippen LogP contribution in [0.25, 0.3) is 17.0 Å². The lowest BCUT2D eigenvalue weighted by atomic mass is 10.1. The molecule has 0 aliphatic carbocycles. The largest absolute Gasteiger partial charge is 0.493 e. The van der Waals surface area contributed by atoms with Crippen LogP contribution in [0.2, 0.25) is 0 Å². The lowest BCUT2D eigenvalue weighted by molar-refractivity contribution is -0.114. The first kappa shape index (κ1) is 24.8. The van der Waals surface area contributed by atoms with Crippen molar-refractivity contribution in [2.45, 2.75) is 26.8 Å². The number of aromatic nitrogens is 2. The normalized spacial score (nSPS) is 16.1. The van der Waals surface area contributed by atoms with E-state index in [1.165, 1.54) is 22.3 Å². The SMILES string of the molecule is Cc1ccc(OCCCn2cc(C=C3C(=N)N4N=C(c5cccnc5)SC4=NC3=O)c3ccccc32)c(C)c1. The number of carbonyl (C=O) groups excluding carboxylic acids is 1. The lowest BCUT2D eigenvalue weighted by Gasteiger charge is -2.20. The fourth-order valence-electron chi connectivity index (χ4n) is 4.71. The van der Waals surface area contributed by atoms with Crippen LogP contribution in [0.4, 0.5) is 0 Å². The van der Waals surface area contributed by atoms with E-state index in [2.05, 4.69) is 51.7 Å². The third kappa shape index (κ3) is 4.88. The monoisotopic (exact) mass is 534 g/mol. The number of amidine groups is 2. The highest BCUT2D eigenvalue weighted by molar-refractivity contribution is 8.27. The lowest BCUT2D eigenvalue weighted by Crippen LogP contribution is -2.35. The molecule has 8 nitrogen and oxygen atoms in total. The summed E-state index contributed by atoms with van der Waals surface area (Å²) in [5.41, 5.74) is 5.29. The second-order valence-electron chi connectivity index (χ2n) is 9.43. The fourth-order valence-corrected chi connectivity index (χ4v) is 5.59. The maximum atomic E-state index is 13.0. The van der Waals surface area contributed by atoms with E-state index in [0.717, 1.165) is 46.3 Å². The van der Waals surface area contributed by atoms with E-state index in [4.69, 9.17) is 10.1 Å². The Morgan fingerprint density at radius 1 is 1.10 bits per heavy atom. The number of ether oxygens (including phenoxy) is 1. The number of carbonyl (C=O) groups is 1. The van der Waals surface area contributed by atoms with Crippen LogP contribution in [0, 0.1) is 19.3 Å². The van der Waals surface area contributed by atoms with Crippen molar-refractivity contribution in [3.63, 3.8) is 0 Å². The molecule has 0 atom stereocenters. The van der Waals surface area contributed by atoms with Crippen molar-refractivity contribution in [3.05, 3.63) is 101 Å². The van der Waals surface area contributed by atoms with Gasteiger partial charge in [0.05, 0.1) is 12.2 Å². The van der Waals surface area contributed by atoms with Gasteiger partial charge in [0.25, 0.3) is 5.91 Å². The highest BCUT2D eigenvalue weighted by Crippen LogP contribution is 2.32. The van der Waals surface area contributed by atoms with Crippen molar-refractivity contribution in [2.24, 2.45) is 10.1 Å². The number of hydrogen-bond acceptors (Lipinski definition) is 6. The molecular weight excluding hydrogens is 508 g/mol. The zero-order valence-corrected chi connectivity index (χ0v) is 22.4. The molecule has 2 aromatic heterocycles. The summed E-state index contributed by atoms with van der Waals surface area (Å²) in [5, 5.41) is 16.8. The molecule has 4 aromatic rings. The summed E-state index contributed by atoms with van der Waals surface area (Å²) in [5.74, 6) is 0.474. The Hall–Kier alpha value is -4.50. The Balaban J connectivity index is 1.23. The zero-order valence-electron chi connectivity index (χ0n) is 21.6. The molecule has 194 valence electrons. The summed E-state index contributed by atoms with van der Waals surface area (Å²) in [6, 6.07) is 18.0. The number of hydrogen-bond donors (Lipinski definition) is 1.